The molecule has 2 aliphatic rings. The first-order chi connectivity index (χ1) is 14.6. The lowest BCUT2D eigenvalue weighted by Crippen LogP contribution is -2.54. The predicted octanol–water partition coefficient (Wildman–Crippen LogP) is 0.429. The molecule has 0 unspecified atom stereocenters. The molecule has 2 fully saturated rings. The van der Waals surface area contributed by atoms with Crippen molar-refractivity contribution >= 4 is 17.2 Å². The van der Waals surface area contributed by atoms with Gasteiger partial charge in [0.2, 0.25) is 5.91 Å². The van der Waals surface area contributed by atoms with Gasteiger partial charge in [-0.05, 0) is 27.7 Å². The van der Waals surface area contributed by atoms with Crippen molar-refractivity contribution in [1.29, 1.82) is 0 Å². The number of nitrogens with zero attached hydrogens (tertiary/aromatic N) is 2. The SMILES string of the molecule is Cc1nc(C)c(CC(=O)NC[C@H]2OC[C@@H](n3ccc(=O)[nH]c3=O)[C@@H]3OC(C)(C)O[C@@H]32)s1. The van der Waals surface area contributed by atoms with E-state index in [0.717, 1.165) is 15.6 Å². The maximum Gasteiger partial charge on any atom is 0.328 e. The van der Waals surface area contributed by atoms with Crippen LogP contribution < -0.4 is 16.6 Å². The average Bonchev–Trinajstić information content (AvgIpc) is 3.17. The average molecular weight is 451 g/mol. The van der Waals surface area contributed by atoms with Gasteiger partial charge in [-0.15, -0.1) is 11.3 Å². The highest BCUT2D eigenvalue weighted by atomic mass is 32.1. The Morgan fingerprint density at radius 2 is 2.06 bits per heavy atom. The van der Waals surface area contributed by atoms with Crippen LogP contribution in [0.1, 0.15) is 35.5 Å². The molecule has 0 aliphatic carbocycles. The number of rotatable bonds is 5. The van der Waals surface area contributed by atoms with Crippen LogP contribution in [0.5, 0.6) is 0 Å². The molecule has 0 bridgehead atoms. The summed E-state index contributed by atoms with van der Waals surface area (Å²) in [6.45, 7) is 7.83. The topological polar surface area (TPSA) is 125 Å². The van der Waals surface area contributed by atoms with Gasteiger partial charge in [-0.2, -0.15) is 0 Å². The van der Waals surface area contributed by atoms with Crippen LogP contribution in [0.15, 0.2) is 21.9 Å². The van der Waals surface area contributed by atoms with Crippen LogP contribution in [0, 0.1) is 13.8 Å². The molecule has 1 amide bonds. The molecule has 31 heavy (non-hydrogen) atoms. The van der Waals surface area contributed by atoms with E-state index in [4.69, 9.17) is 14.2 Å². The van der Waals surface area contributed by atoms with Gasteiger partial charge in [0, 0.05) is 23.7 Å². The third-order valence-electron chi connectivity index (χ3n) is 5.42. The Kier molecular flexibility index (Phi) is 5.86. The van der Waals surface area contributed by atoms with Gasteiger partial charge in [0.1, 0.15) is 18.3 Å². The number of aryl methyl sites for hydroxylation is 2. The van der Waals surface area contributed by atoms with E-state index in [1.165, 1.54) is 28.2 Å². The molecule has 2 aromatic heterocycles. The molecule has 0 spiro atoms. The van der Waals surface area contributed by atoms with Crippen molar-refractivity contribution in [3.63, 3.8) is 0 Å². The number of amides is 1. The Morgan fingerprint density at radius 1 is 1.32 bits per heavy atom. The van der Waals surface area contributed by atoms with Gasteiger partial charge in [-0.25, -0.2) is 9.78 Å². The van der Waals surface area contributed by atoms with Crippen molar-refractivity contribution in [2.24, 2.45) is 0 Å². The summed E-state index contributed by atoms with van der Waals surface area (Å²) in [6, 6.07) is 0.818. The number of H-pyrrole nitrogens is 1. The van der Waals surface area contributed by atoms with Crippen molar-refractivity contribution < 1.29 is 19.0 Å². The van der Waals surface area contributed by atoms with E-state index < -0.39 is 41.4 Å². The first-order valence-electron chi connectivity index (χ1n) is 10.1. The lowest BCUT2D eigenvalue weighted by Gasteiger charge is -2.37. The Labute approximate surface area is 182 Å². The predicted molar refractivity (Wildman–Crippen MR) is 112 cm³/mol. The molecule has 2 saturated heterocycles. The number of aromatic amines is 1. The van der Waals surface area contributed by atoms with Crippen LogP contribution in [-0.2, 0) is 25.4 Å². The second kappa shape index (κ2) is 8.30. The minimum atomic E-state index is -0.868. The van der Waals surface area contributed by atoms with Crippen molar-refractivity contribution in [2.75, 3.05) is 13.2 Å². The number of hydrogen-bond donors (Lipinski definition) is 2. The van der Waals surface area contributed by atoms with Crippen LogP contribution in [0.4, 0.5) is 0 Å². The maximum atomic E-state index is 12.5. The fourth-order valence-electron chi connectivity index (χ4n) is 4.08. The van der Waals surface area contributed by atoms with Crippen LogP contribution in [0.25, 0.3) is 0 Å². The van der Waals surface area contributed by atoms with Gasteiger partial charge >= 0.3 is 5.69 Å². The summed E-state index contributed by atoms with van der Waals surface area (Å²) < 4.78 is 19.5. The molecule has 10 nitrogen and oxygen atoms in total. The summed E-state index contributed by atoms with van der Waals surface area (Å²) in [7, 11) is 0. The Bertz CT molecular complexity index is 1090. The van der Waals surface area contributed by atoms with Gasteiger partial charge in [0.15, 0.2) is 5.79 Å². The van der Waals surface area contributed by atoms with Gasteiger partial charge in [-0.3, -0.25) is 19.1 Å². The van der Waals surface area contributed by atoms with E-state index in [-0.39, 0.29) is 25.5 Å². The number of aromatic nitrogens is 3. The van der Waals surface area contributed by atoms with E-state index in [9.17, 15) is 14.4 Å². The molecule has 0 aromatic carbocycles. The molecule has 0 saturated carbocycles. The Balaban J connectivity index is 1.46. The molecular formula is C20H26N4O6S. The maximum absolute atomic E-state index is 12.5. The lowest BCUT2D eigenvalue weighted by molar-refractivity contribution is -0.153. The zero-order chi connectivity index (χ0) is 22.3. The van der Waals surface area contributed by atoms with E-state index >= 15 is 0 Å². The zero-order valence-electron chi connectivity index (χ0n) is 17.8. The number of hydrogen-bond acceptors (Lipinski definition) is 8. The van der Waals surface area contributed by atoms with Crippen LogP contribution >= 0.6 is 11.3 Å². The fourth-order valence-corrected chi connectivity index (χ4v) is 5.01. The number of thiazole rings is 1. The van der Waals surface area contributed by atoms with E-state index in [0.29, 0.717) is 0 Å². The summed E-state index contributed by atoms with van der Waals surface area (Å²) in [6.07, 6.45) is 0.300. The number of fused-ring (bicyclic) bond motifs is 1. The van der Waals surface area contributed by atoms with Crippen LogP contribution in [0.2, 0.25) is 0 Å². The molecule has 168 valence electrons. The number of ether oxygens (including phenoxy) is 3. The van der Waals surface area contributed by atoms with Crippen molar-refractivity contribution in [3.05, 3.63) is 48.7 Å². The van der Waals surface area contributed by atoms with Crippen LogP contribution in [0.3, 0.4) is 0 Å². The molecule has 11 heteroatoms. The van der Waals surface area contributed by atoms with E-state index in [1.807, 2.05) is 13.8 Å². The number of carbonyl (C=O) groups excluding carboxylic acids is 1. The number of nitrogens with one attached hydrogen (secondary N) is 2. The minimum absolute atomic E-state index is 0.121. The highest BCUT2D eigenvalue weighted by Gasteiger charge is 2.52. The van der Waals surface area contributed by atoms with Crippen molar-refractivity contribution in [2.45, 2.75) is 64.3 Å². The fraction of sp³-hybridized carbons (Fsp3) is 0.600. The standard InChI is InChI=1S/C20H26N4O6S/c1-10-14(31-11(2)22-10)7-16(26)21-8-13-18-17(29-20(3,4)30-18)12(9-28-13)24-6-5-15(25)23-19(24)27/h5-6,12-13,17-18H,7-9H2,1-4H3,(H,21,26)(H,23,25,27)/t12-,13-,17+,18-/m1/s1. The van der Waals surface area contributed by atoms with Gasteiger partial charge in [0.05, 0.1) is 29.8 Å². The minimum Gasteiger partial charge on any atom is -0.371 e. The second-order valence-electron chi connectivity index (χ2n) is 8.24. The highest BCUT2D eigenvalue weighted by molar-refractivity contribution is 7.11. The summed E-state index contributed by atoms with van der Waals surface area (Å²) in [5.41, 5.74) is -0.129. The molecule has 2 aromatic rings. The van der Waals surface area contributed by atoms with Crippen molar-refractivity contribution in [1.82, 2.24) is 19.9 Å². The molecule has 4 heterocycles. The smallest absolute Gasteiger partial charge is 0.328 e. The van der Waals surface area contributed by atoms with Crippen molar-refractivity contribution in [3.8, 4) is 0 Å². The molecule has 0 radical (unpaired) electrons. The first-order valence-corrected chi connectivity index (χ1v) is 10.9. The molecular weight excluding hydrogens is 424 g/mol. The molecule has 2 N–H and O–H groups in total. The Morgan fingerprint density at radius 3 is 2.74 bits per heavy atom. The molecule has 4 rings (SSSR count). The third kappa shape index (κ3) is 4.64. The zero-order valence-corrected chi connectivity index (χ0v) is 18.7. The Hall–Kier alpha value is -2.34. The van der Waals surface area contributed by atoms with Gasteiger partial charge in [-0.1, -0.05) is 0 Å². The van der Waals surface area contributed by atoms with Gasteiger partial charge in [0.25, 0.3) is 5.56 Å². The summed E-state index contributed by atoms with van der Waals surface area (Å²) >= 11 is 1.51. The summed E-state index contributed by atoms with van der Waals surface area (Å²) in [5.74, 6) is -0.990. The summed E-state index contributed by atoms with van der Waals surface area (Å²) in [5, 5.41) is 3.85. The lowest BCUT2D eigenvalue weighted by atomic mass is 9.97. The molecule has 4 atom stereocenters. The molecule has 2 aliphatic heterocycles. The quantitative estimate of drug-likeness (QED) is 0.677. The normalized spacial score (nSPS) is 27.1. The second-order valence-corrected chi connectivity index (χ2v) is 9.53. The van der Waals surface area contributed by atoms with Crippen LogP contribution in [-0.4, -0.2) is 57.7 Å². The third-order valence-corrected chi connectivity index (χ3v) is 6.49. The highest BCUT2D eigenvalue weighted by Crippen LogP contribution is 2.39. The van der Waals surface area contributed by atoms with E-state index in [1.54, 1.807) is 13.8 Å². The van der Waals surface area contributed by atoms with E-state index in [2.05, 4.69) is 15.3 Å². The monoisotopic (exact) mass is 450 g/mol. The number of carbonyl (C=O) groups is 1. The first kappa shape index (κ1) is 21.9. The van der Waals surface area contributed by atoms with Gasteiger partial charge < -0.3 is 19.5 Å². The largest absolute Gasteiger partial charge is 0.371 e. The summed E-state index contributed by atoms with van der Waals surface area (Å²) in [4.78, 5) is 43.7.